The van der Waals surface area contributed by atoms with Crippen molar-refractivity contribution in [2.75, 3.05) is 26.7 Å². The van der Waals surface area contributed by atoms with Gasteiger partial charge in [0.2, 0.25) is 5.91 Å². The number of likely N-dealkylation sites (N-methyl/N-ethyl adjacent to an activating group) is 1. The number of ether oxygens (including phenoxy) is 1. The smallest absolute Gasteiger partial charge is 0.327 e. The van der Waals surface area contributed by atoms with Gasteiger partial charge in [0.1, 0.15) is 25.0 Å². The molecule has 25 heavy (non-hydrogen) atoms. The highest BCUT2D eigenvalue weighted by atomic mass is 16.5. The molecule has 6 nitrogen and oxygen atoms in total. The van der Waals surface area contributed by atoms with Crippen molar-refractivity contribution in [1.29, 1.82) is 0 Å². The zero-order valence-corrected chi connectivity index (χ0v) is 14.0. The summed E-state index contributed by atoms with van der Waals surface area (Å²) in [6.45, 7) is -0.0110. The maximum absolute atomic E-state index is 11.8. The lowest BCUT2D eigenvalue weighted by Gasteiger charge is -2.18. The van der Waals surface area contributed by atoms with E-state index >= 15 is 0 Å². The van der Waals surface area contributed by atoms with Crippen LogP contribution in [0.5, 0.6) is 5.75 Å². The maximum atomic E-state index is 11.8. The number of hydrogen-bond acceptors (Lipinski definition) is 4. The van der Waals surface area contributed by atoms with Crippen LogP contribution in [-0.2, 0) is 4.79 Å². The molecule has 0 radical (unpaired) electrons. The van der Waals surface area contributed by atoms with Crippen molar-refractivity contribution in [2.45, 2.75) is 6.10 Å². The Labute approximate surface area is 146 Å². The summed E-state index contributed by atoms with van der Waals surface area (Å²) in [5, 5.41) is 10.0. The molecule has 1 N–H and O–H groups in total. The predicted molar refractivity (Wildman–Crippen MR) is 93.1 cm³/mol. The third-order valence-corrected chi connectivity index (χ3v) is 4.03. The molecule has 0 bridgehead atoms. The van der Waals surface area contributed by atoms with Crippen LogP contribution >= 0.6 is 0 Å². The molecule has 2 aromatic carbocycles. The molecule has 1 fully saturated rings. The number of benzene rings is 2. The van der Waals surface area contributed by atoms with Crippen LogP contribution in [0.1, 0.15) is 0 Å². The number of aliphatic hydroxyl groups is 1. The van der Waals surface area contributed by atoms with E-state index in [9.17, 15) is 14.7 Å². The van der Waals surface area contributed by atoms with Crippen molar-refractivity contribution in [2.24, 2.45) is 0 Å². The van der Waals surface area contributed by atoms with Crippen molar-refractivity contribution in [3.63, 3.8) is 0 Å². The van der Waals surface area contributed by atoms with E-state index < -0.39 is 12.1 Å². The summed E-state index contributed by atoms with van der Waals surface area (Å²) in [5.74, 6) is 0.314. The van der Waals surface area contributed by atoms with Crippen molar-refractivity contribution in [1.82, 2.24) is 9.80 Å². The molecule has 1 aliphatic rings. The highest BCUT2D eigenvalue weighted by Gasteiger charge is 2.34. The first-order valence-corrected chi connectivity index (χ1v) is 8.06. The first kappa shape index (κ1) is 17.0. The molecule has 1 atom stereocenters. The predicted octanol–water partition coefficient (Wildman–Crippen LogP) is 1.99. The minimum Gasteiger partial charge on any atom is -0.491 e. The van der Waals surface area contributed by atoms with Gasteiger partial charge in [-0.1, -0.05) is 42.5 Å². The van der Waals surface area contributed by atoms with Crippen molar-refractivity contribution >= 4 is 11.9 Å². The summed E-state index contributed by atoms with van der Waals surface area (Å²) in [5.41, 5.74) is 2.19. The Hall–Kier alpha value is -2.86. The van der Waals surface area contributed by atoms with Crippen molar-refractivity contribution in [3.8, 4) is 16.9 Å². The van der Waals surface area contributed by atoms with Gasteiger partial charge in [0.15, 0.2) is 0 Å². The van der Waals surface area contributed by atoms with E-state index in [1.54, 1.807) is 7.05 Å². The quantitative estimate of drug-likeness (QED) is 0.817. The average molecular weight is 340 g/mol. The molecule has 0 spiro atoms. The second-order valence-electron chi connectivity index (χ2n) is 6.00. The van der Waals surface area contributed by atoms with Gasteiger partial charge in [0.05, 0.1) is 6.54 Å². The topological polar surface area (TPSA) is 70.1 Å². The number of hydrogen-bond donors (Lipinski definition) is 1. The number of nitrogens with zero attached hydrogens (tertiary/aromatic N) is 2. The van der Waals surface area contributed by atoms with E-state index in [1.807, 2.05) is 54.6 Å². The normalized spacial score (nSPS) is 15.6. The van der Waals surface area contributed by atoms with E-state index in [-0.39, 0.29) is 25.6 Å². The third-order valence-electron chi connectivity index (χ3n) is 4.03. The minimum absolute atomic E-state index is 0.00541. The summed E-state index contributed by atoms with van der Waals surface area (Å²) in [6, 6.07) is 17.1. The van der Waals surface area contributed by atoms with Gasteiger partial charge >= 0.3 is 6.03 Å². The third kappa shape index (κ3) is 3.97. The highest BCUT2D eigenvalue weighted by molar-refractivity contribution is 6.01. The van der Waals surface area contributed by atoms with E-state index in [0.29, 0.717) is 5.75 Å². The molecule has 2 aromatic rings. The average Bonchev–Trinajstić information content (AvgIpc) is 2.87. The lowest BCUT2D eigenvalue weighted by Crippen LogP contribution is -2.40. The van der Waals surface area contributed by atoms with Crippen LogP contribution < -0.4 is 4.74 Å². The Morgan fingerprint density at radius 1 is 1.04 bits per heavy atom. The van der Waals surface area contributed by atoms with Gasteiger partial charge in [0.25, 0.3) is 0 Å². The first-order valence-electron chi connectivity index (χ1n) is 8.06. The Morgan fingerprint density at radius 3 is 2.28 bits per heavy atom. The molecule has 1 unspecified atom stereocenters. The molecular weight excluding hydrogens is 320 g/mol. The number of β-amino-alcohol motifs (C(OH)–C–C–N with tert-alkyl or cyclic N) is 1. The van der Waals surface area contributed by atoms with Crippen LogP contribution in [0.15, 0.2) is 54.6 Å². The monoisotopic (exact) mass is 340 g/mol. The van der Waals surface area contributed by atoms with Crippen LogP contribution in [0.25, 0.3) is 11.1 Å². The summed E-state index contributed by atoms with van der Waals surface area (Å²) in [7, 11) is 1.55. The summed E-state index contributed by atoms with van der Waals surface area (Å²) >= 11 is 0. The first-order chi connectivity index (χ1) is 12.0. The standard InChI is InChI=1S/C19H20N2O4/c1-20-12-18(23)21(19(20)24)11-16(22)13-25-17-9-7-15(8-10-17)14-5-3-2-4-6-14/h2-10,16,22H,11-13H2,1H3. The van der Waals surface area contributed by atoms with Gasteiger partial charge in [-0.05, 0) is 23.3 Å². The number of amides is 3. The lowest BCUT2D eigenvalue weighted by molar-refractivity contribution is -0.126. The molecule has 1 aliphatic heterocycles. The van der Waals surface area contributed by atoms with E-state index in [0.717, 1.165) is 16.0 Å². The molecule has 0 aliphatic carbocycles. The van der Waals surface area contributed by atoms with Crippen LogP contribution in [-0.4, -0.2) is 59.7 Å². The van der Waals surface area contributed by atoms with Crippen molar-refractivity contribution < 1.29 is 19.4 Å². The fraction of sp³-hybridized carbons (Fsp3) is 0.263. The number of aliphatic hydroxyl groups excluding tert-OH is 1. The fourth-order valence-corrected chi connectivity index (χ4v) is 2.68. The zero-order valence-electron chi connectivity index (χ0n) is 14.0. The summed E-state index contributed by atoms with van der Waals surface area (Å²) < 4.78 is 5.55. The fourth-order valence-electron chi connectivity index (χ4n) is 2.68. The Balaban J connectivity index is 1.53. The van der Waals surface area contributed by atoms with Gasteiger partial charge in [0, 0.05) is 7.05 Å². The SMILES string of the molecule is CN1CC(=O)N(CC(O)COc2ccc(-c3ccccc3)cc2)C1=O. The van der Waals surface area contributed by atoms with E-state index in [2.05, 4.69) is 0 Å². The highest BCUT2D eigenvalue weighted by Crippen LogP contribution is 2.22. The van der Waals surface area contributed by atoms with Gasteiger partial charge in [-0.25, -0.2) is 4.79 Å². The molecule has 1 heterocycles. The molecule has 1 saturated heterocycles. The van der Waals surface area contributed by atoms with Crippen LogP contribution in [0, 0.1) is 0 Å². The van der Waals surface area contributed by atoms with Crippen LogP contribution in [0.3, 0.4) is 0 Å². The largest absolute Gasteiger partial charge is 0.491 e. The molecular formula is C19H20N2O4. The molecule has 0 aromatic heterocycles. The Bertz CT molecular complexity index is 746. The minimum atomic E-state index is -0.937. The molecule has 6 heteroatoms. The maximum Gasteiger partial charge on any atom is 0.327 e. The van der Waals surface area contributed by atoms with Gasteiger partial charge in [-0.3, -0.25) is 9.69 Å². The lowest BCUT2D eigenvalue weighted by atomic mass is 10.1. The molecule has 130 valence electrons. The molecule has 0 saturated carbocycles. The number of rotatable bonds is 6. The summed E-state index contributed by atoms with van der Waals surface area (Å²) in [6.07, 6.45) is -0.937. The van der Waals surface area contributed by atoms with E-state index in [4.69, 9.17) is 4.74 Å². The van der Waals surface area contributed by atoms with Gasteiger partial charge in [-0.15, -0.1) is 0 Å². The van der Waals surface area contributed by atoms with Crippen LogP contribution in [0.4, 0.5) is 4.79 Å². The van der Waals surface area contributed by atoms with Crippen molar-refractivity contribution in [3.05, 3.63) is 54.6 Å². The second-order valence-corrected chi connectivity index (χ2v) is 6.00. The number of carbonyl (C=O) groups excluding carboxylic acids is 2. The Kier molecular flexibility index (Phi) is 5.00. The molecule has 3 amide bonds. The number of imide groups is 1. The Morgan fingerprint density at radius 2 is 1.68 bits per heavy atom. The van der Waals surface area contributed by atoms with E-state index in [1.165, 1.54) is 4.90 Å². The zero-order chi connectivity index (χ0) is 17.8. The van der Waals surface area contributed by atoms with Crippen LogP contribution in [0.2, 0.25) is 0 Å². The summed E-state index contributed by atoms with van der Waals surface area (Å²) in [4.78, 5) is 25.8. The number of urea groups is 1. The van der Waals surface area contributed by atoms with Gasteiger partial charge < -0.3 is 14.7 Å². The molecule has 3 rings (SSSR count). The number of carbonyl (C=O) groups is 2. The second kappa shape index (κ2) is 7.36. The van der Waals surface area contributed by atoms with Gasteiger partial charge in [-0.2, -0.15) is 0 Å².